The first kappa shape index (κ1) is 14.1. The number of H-pyrrole nitrogens is 1. The summed E-state index contributed by atoms with van der Waals surface area (Å²) >= 11 is 4.08. The van der Waals surface area contributed by atoms with Crippen molar-refractivity contribution in [3.05, 3.63) is 24.0 Å². The summed E-state index contributed by atoms with van der Waals surface area (Å²) in [6.07, 6.45) is 0. The minimum absolute atomic E-state index is 0.579. The average Bonchev–Trinajstić information content (AvgIpc) is 2.70. The van der Waals surface area contributed by atoms with Crippen LogP contribution in [0.5, 0.6) is 5.75 Å². The van der Waals surface area contributed by atoms with Gasteiger partial charge in [-0.1, -0.05) is 0 Å². The maximum Gasteiger partial charge on any atom is 0.121 e. The number of rotatable bonds is 4. The van der Waals surface area contributed by atoms with E-state index in [9.17, 15) is 0 Å². The van der Waals surface area contributed by atoms with Gasteiger partial charge in [0, 0.05) is 35.1 Å². The quantitative estimate of drug-likeness (QED) is 0.909. The van der Waals surface area contributed by atoms with Crippen molar-refractivity contribution >= 4 is 34.6 Å². The van der Waals surface area contributed by atoms with Gasteiger partial charge >= 0.3 is 0 Å². The maximum absolute atomic E-state index is 5.23. The number of hydrogen-bond donors (Lipinski definition) is 2. The predicted molar refractivity (Wildman–Crippen MR) is 87.9 cm³/mol. The van der Waals surface area contributed by atoms with Gasteiger partial charge in [-0.3, -0.25) is 0 Å². The highest BCUT2D eigenvalue weighted by Gasteiger charge is 2.13. The lowest BCUT2D eigenvalue weighted by molar-refractivity contribution is 0.415. The molecule has 1 aromatic heterocycles. The minimum atomic E-state index is 0.579. The lowest BCUT2D eigenvalue weighted by atomic mass is 10.3. The number of nitrogens with zero attached hydrogens (tertiary/aromatic N) is 1. The molecule has 6 heteroatoms. The first-order chi connectivity index (χ1) is 9.85. The molecule has 20 heavy (non-hydrogen) atoms. The first-order valence-corrected chi connectivity index (χ1v) is 9.07. The van der Waals surface area contributed by atoms with Gasteiger partial charge in [0.05, 0.1) is 24.7 Å². The van der Waals surface area contributed by atoms with Gasteiger partial charge in [0.2, 0.25) is 0 Å². The van der Waals surface area contributed by atoms with E-state index in [-0.39, 0.29) is 0 Å². The third kappa shape index (κ3) is 3.42. The molecule has 3 rings (SSSR count). The summed E-state index contributed by atoms with van der Waals surface area (Å²) in [7, 11) is 1.68. The number of methoxy groups -OCH3 is 1. The Balaban J connectivity index is 1.64. The molecular weight excluding hydrogens is 290 g/mol. The predicted octanol–water partition coefficient (Wildman–Crippen LogP) is 2.51. The summed E-state index contributed by atoms with van der Waals surface area (Å²) in [6.45, 7) is 0.794. The molecule has 0 saturated carbocycles. The van der Waals surface area contributed by atoms with Crippen molar-refractivity contribution in [3.8, 4) is 5.75 Å². The molecule has 1 aliphatic rings. The van der Waals surface area contributed by atoms with E-state index in [2.05, 4.69) is 15.3 Å². The van der Waals surface area contributed by atoms with Gasteiger partial charge in [0.15, 0.2) is 0 Å². The molecule has 2 N–H and O–H groups in total. The Bertz CT molecular complexity index is 565. The van der Waals surface area contributed by atoms with Crippen molar-refractivity contribution in [2.45, 2.75) is 12.6 Å². The van der Waals surface area contributed by atoms with E-state index in [0.29, 0.717) is 6.04 Å². The summed E-state index contributed by atoms with van der Waals surface area (Å²) in [5, 5.41) is 3.60. The van der Waals surface area contributed by atoms with Gasteiger partial charge < -0.3 is 15.0 Å². The lowest BCUT2D eigenvalue weighted by Gasteiger charge is -2.13. The van der Waals surface area contributed by atoms with Crippen LogP contribution in [0.15, 0.2) is 18.2 Å². The van der Waals surface area contributed by atoms with Gasteiger partial charge in [-0.25, -0.2) is 4.98 Å². The van der Waals surface area contributed by atoms with Gasteiger partial charge in [-0.2, -0.15) is 23.5 Å². The van der Waals surface area contributed by atoms with Crippen molar-refractivity contribution in [2.24, 2.45) is 0 Å². The fraction of sp³-hybridized carbons (Fsp3) is 0.500. The molecule has 0 amide bonds. The van der Waals surface area contributed by atoms with Gasteiger partial charge in [-0.15, -0.1) is 0 Å². The fourth-order valence-corrected chi connectivity index (χ4v) is 4.69. The third-order valence-corrected chi connectivity index (χ3v) is 5.83. The van der Waals surface area contributed by atoms with Gasteiger partial charge in [0.25, 0.3) is 0 Å². The van der Waals surface area contributed by atoms with Crippen molar-refractivity contribution in [2.75, 3.05) is 30.1 Å². The van der Waals surface area contributed by atoms with Crippen LogP contribution in [-0.4, -0.2) is 46.1 Å². The number of aromatic nitrogens is 2. The molecule has 0 atom stereocenters. The number of aromatic amines is 1. The van der Waals surface area contributed by atoms with Crippen LogP contribution in [0.2, 0.25) is 0 Å². The molecule has 1 fully saturated rings. The lowest BCUT2D eigenvalue weighted by Crippen LogP contribution is -2.32. The topological polar surface area (TPSA) is 49.9 Å². The van der Waals surface area contributed by atoms with Crippen molar-refractivity contribution in [1.82, 2.24) is 15.3 Å². The van der Waals surface area contributed by atoms with Crippen LogP contribution in [0.1, 0.15) is 5.82 Å². The summed E-state index contributed by atoms with van der Waals surface area (Å²) in [4.78, 5) is 7.97. The molecule has 0 radical (unpaired) electrons. The fourth-order valence-electron chi connectivity index (χ4n) is 2.23. The normalized spacial score (nSPS) is 17.2. The van der Waals surface area contributed by atoms with E-state index in [1.807, 2.05) is 41.7 Å². The molecule has 0 unspecified atom stereocenters. The maximum atomic E-state index is 5.23. The average molecular weight is 309 g/mol. The van der Waals surface area contributed by atoms with E-state index in [0.717, 1.165) is 29.2 Å². The van der Waals surface area contributed by atoms with Crippen LogP contribution in [-0.2, 0) is 6.54 Å². The zero-order valence-electron chi connectivity index (χ0n) is 11.5. The highest BCUT2D eigenvalue weighted by atomic mass is 32.2. The Hall–Kier alpha value is -0.850. The first-order valence-electron chi connectivity index (χ1n) is 6.76. The van der Waals surface area contributed by atoms with Crippen molar-refractivity contribution in [3.63, 3.8) is 0 Å². The zero-order valence-corrected chi connectivity index (χ0v) is 13.1. The molecule has 1 aliphatic heterocycles. The molecule has 0 bridgehead atoms. The van der Waals surface area contributed by atoms with E-state index in [1.165, 1.54) is 23.0 Å². The van der Waals surface area contributed by atoms with Crippen LogP contribution >= 0.6 is 23.5 Å². The Kier molecular flexibility index (Phi) is 4.75. The summed E-state index contributed by atoms with van der Waals surface area (Å²) in [6, 6.07) is 6.50. The number of ether oxygens (including phenoxy) is 1. The molecule has 4 nitrogen and oxygen atoms in total. The highest BCUT2D eigenvalue weighted by molar-refractivity contribution is 8.03. The SMILES string of the molecule is COc1ccc2nc(CNC3CSCCSC3)[nH]c2c1. The molecular formula is C14H19N3OS2. The van der Waals surface area contributed by atoms with Crippen LogP contribution in [0.3, 0.4) is 0 Å². The van der Waals surface area contributed by atoms with Gasteiger partial charge in [-0.05, 0) is 12.1 Å². The molecule has 108 valence electrons. The van der Waals surface area contributed by atoms with E-state index in [1.54, 1.807) is 7.11 Å². The summed E-state index contributed by atoms with van der Waals surface area (Å²) in [5.74, 6) is 6.78. The third-order valence-electron chi connectivity index (χ3n) is 3.31. The van der Waals surface area contributed by atoms with E-state index >= 15 is 0 Å². The molecule has 0 spiro atoms. The van der Waals surface area contributed by atoms with Crippen LogP contribution in [0.25, 0.3) is 11.0 Å². The van der Waals surface area contributed by atoms with Crippen LogP contribution in [0.4, 0.5) is 0 Å². The Morgan fingerprint density at radius 1 is 1.35 bits per heavy atom. The van der Waals surface area contributed by atoms with Crippen LogP contribution < -0.4 is 10.1 Å². The second kappa shape index (κ2) is 6.74. The minimum Gasteiger partial charge on any atom is -0.497 e. The largest absolute Gasteiger partial charge is 0.497 e. The Morgan fingerprint density at radius 2 is 2.15 bits per heavy atom. The van der Waals surface area contributed by atoms with E-state index < -0.39 is 0 Å². The number of nitrogens with one attached hydrogen (secondary N) is 2. The number of imidazole rings is 1. The molecule has 2 heterocycles. The number of benzene rings is 1. The van der Waals surface area contributed by atoms with Crippen LogP contribution in [0, 0.1) is 0 Å². The Morgan fingerprint density at radius 3 is 2.90 bits per heavy atom. The molecule has 1 saturated heterocycles. The monoisotopic (exact) mass is 309 g/mol. The van der Waals surface area contributed by atoms with Gasteiger partial charge in [0.1, 0.15) is 11.6 Å². The zero-order chi connectivity index (χ0) is 13.8. The Labute approximate surface area is 127 Å². The second-order valence-electron chi connectivity index (χ2n) is 4.79. The molecule has 2 aromatic rings. The standard InChI is InChI=1S/C14H19N3OS2/c1-18-11-2-3-12-13(6-11)17-14(16-12)7-15-10-8-19-4-5-20-9-10/h2-3,6,10,15H,4-5,7-9H2,1H3,(H,16,17). The second-order valence-corrected chi connectivity index (χ2v) is 7.09. The molecule has 1 aromatic carbocycles. The summed E-state index contributed by atoms with van der Waals surface area (Å²) in [5.41, 5.74) is 2.03. The number of thioether (sulfide) groups is 2. The molecule has 0 aliphatic carbocycles. The van der Waals surface area contributed by atoms with Crippen molar-refractivity contribution in [1.29, 1.82) is 0 Å². The van der Waals surface area contributed by atoms with E-state index in [4.69, 9.17) is 4.74 Å². The highest BCUT2D eigenvalue weighted by Crippen LogP contribution is 2.19. The van der Waals surface area contributed by atoms with Crippen molar-refractivity contribution < 1.29 is 4.74 Å². The smallest absolute Gasteiger partial charge is 0.121 e. The number of hydrogen-bond acceptors (Lipinski definition) is 5. The summed E-state index contributed by atoms with van der Waals surface area (Å²) < 4.78 is 5.23. The number of fused-ring (bicyclic) bond motifs is 1.